The predicted molar refractivity (Wildman–Crippen MR) is 128 cm³/mol. The number of thiazole rings is 1. The first-order valence-corrected chi connectivity index (χ1v) is 11.9. The molecule has 5 rings (SSSR count). The fourth-order valence-corrected chi connectivity index (χ4v) is 5.93. The van der Waals surface area contributed by atoms with Gasteiger partial charge in [0.15, 0.2) is 3.95 Å². The molecule has 0 N–H and O–H groups in total. The minimum atomic E-state index is -0.335. The number of likely N-dealkylation sites (tertiary alicyclic amines) is 1. The van der Waals surface area contributed by atoms with Gasteiger partial charge in [0.25, 0.3) is 5.56 Å². The lowest BCUT2D eigenvalue weighted by Crippen LogP contribution is -2.42. The molecule has 32 heavy (non-hydrogen) atoms. The van der Waals surface area contributed by atoms with Crippen LogP contribution in [0.1, 0.15) is 19.8 Å². The van der Waals surface area contributed by atoms with Gasteiger partial charge >= 0.3 is 0 Å². The van der Waals surface area contributed by atoms with Crippen molar-refractivity contribution in [3.8, 4) is 10.4 Å². The van der Waals surface area contributed by atoms with Crippen LogP contribution in [0.4, 0.5) is 4.39 Å². The van der Waals surface area contributed by atoms with Crippen molar-refractivity contribution in [2.24, 2.45) is 5.92 Å². The van der Waals surface area contributed by atoms with Crippen LogP contribution >= 0.6 is 23.6 Å². The van der Waals surface area contributed by atoms with Crippen LogP contribution in [0, 0.1) is 15.7 Å². The third-order valence-corrected chi connectivity index (χ3v) is 7.48. The Morgan fingerprint density at radius 3 is 2.69 bits per heavy atom. The molecule has 1 saturated heterocycles. The van der Waals surface area contributed by atoms with Gasteiger partial charge in [-0.3, -0.25) is 18.6 Å². The second kappa shape index (κ2) is 8.26. The molecule has 0 spiro atoms. The van der Waals surface area contributed by atoms with Gasteiger partial charge in [-0.25, -0.2) is 4.39 Å². The van der Waals surface area contributed by atoms with E-state index in [2.05, 4.69) is 6.92 Å². The summed E-state index contributed by atoms with van der Waals surface area (Å²) in [6, 6.07) is 13.4. The van der Waals surface area contributed by atoms with Gasteiger partial charge in [0.05, 0.1) is 15.8 Å². The number of carbonyl (C=O) groups is 1. The zero-order valence-electron chi connectivity index (χ0n) is 17.6. The molecule has 0 saturated carbocycles. The maximum atomic E-state index is 13.6. The van der Waals surface area contributed by atoms with E-state index in [0.717, 1.165) is 23.3 Å². The average molecular weight is 468 g/mol. The van der Waals surface area contributed by atoms with Gasteiger partial charge in [0.1, 0.15) is 18.0 Å². The van der Waals surface area contributed by atoms with Crippen molar-refractivity contribution in [1.82, 2.24) is 13.9 Å². The first-order valence-electron chi connectivity index (χ1n) is 10.6. The fraction of sp³-hybridized carbons (Fsp3) is 0.292. The highest BCUT2D eigenvalue weighted by Crippen LogP contribution is 2.33. The summed E-state index contributed by atoms with van der Waals surface area (Å²) in [6.07, 6.45) is 2.08. The van der Waals surface area contributed by atoms with Crippen LogP contribution in [0.2, 0.25) is 0 Å². The number of nitrogens with zero attached hydrogens (tertiary/aromatic N) is 3. The molecule has 8 heteroatoms. The van der Waals surface area contributed by atoms with Crippen LogP contribution in [0.25, 0.3) is 27.0 Å². The summed E-state index contributed by atoms with van der Waals surface area (Å²) in [4.78, 5) is 29.4. The molecule has 1 amide bonds. The highest BCUT2D eigenvalue weighted by Gasteiger charge is 2.24. The van der Waals surface area contributed by atoms with Gasteiger partial charge in [-0.2, -0.15) is 0 Å². The number of rotatable bonds is 3. The highest BCUT2D eigenvalue weighted by molar-refractivity contribution is 7.73. The standard InChI is InChI=1S/C24H22FN3O2S2/c1-15-5-4-12-26(13-15)20(29)14-27-22-21(16-8-10-17(25)11-9-16)32-24(31)28(22)19-7-3-2-6-18(19)23(27)30/h2-3,6-11,15H,4-5,12-14H2,1H3. The third kappa shape index (κ3) is 3.57. The van der Waals surface area contributed by atoms with Crippen molar-refractivity contribution < 1.29 is 9.18 Å². The molecule has 0 radical (unpaired) electrons. The number of fused-ring (bicyclic) bond motifs is 3. The number of carbonyl (C=O) groups excluding carboxylic acids is 1. The molecule has 1 unspecified atom stereocenters. The molecule has 1 aliphatic rings. The Hall–Kier alpha value is -2.84. The number of hydrogen-bond acceptors (Lipinski definition) is 4. The van der Waals surface area contributed by atoms with Crippen molar-refractivity contribution in [3.63, 3.8) is 0 Å². The van der Waals surface area contributed by atoms with Crippen molar-refractivity contribution in [1.29, 1.82) is 0 Å². The van der Waals surface area contributed by atoms with E-state index >= 15 is 0 Å². The first-order chi connectivity index (χ1) is 15.4. The predicted octanol–water partition coefficient (Wildman–Crippen LogP) is 5.11. The van der Waals surface area contributed by atoms with E-state index in [9.17, 15) is 14.0 Å². The molecular formula is C24H22FN3O2S2. The second-order valence-electron chi connectivity index (χ2n) is 8.36. The van der Waals surface area contributed by atoms with E-state index in [1.807, 2.05) is 27.5 Å². The molecular weight excluding hydrogens is 445 g/mol. The molecule has 1 atom stereocenters. The van der Waals surface area contributed by atoms with E-state index in [1.54, 1.807) is 18.2 Å². The largest absolute Gasteiger partial charge is 0.341 e. The van der Waals surface area contributed by atoms with Crippen molar-refractivity contribution in [3.05, 3.63) is 68.7 Å². The van der Waals surface area contributed by atoms with Gasteiger partial charge in [0, 0.05) is 13.1 Å². The van der Waals surface area contributed by atoms with Gasteiger partial charge in [-0.1, -0.05) is 31.2 Å². The molecule has 0 bridgehead atoms. The topological polar surface area (TPSA) is 46.7 Å². The third-order valence-electron chi connectivity index (χ3n) is 6.07. The lowest BCUT2D eigenvalue weighted by atomic mass is 10.0. The number of amides is 1. The monoisotopic (exact) mass is 467 g/mol. The summed E-state index contributed by atoms with van der Waals surface area (Å²) in [6.45, 7) is 3.50. The van der Waals surface area contributed by atoms with Crippen molar-refractivity contribution in [2.45, 2.75) is 26.3 Å². The average Bonchev–Trinajstić information content (AvgIpc) is 3.14. The number of hydrogen-bond donors (Lipinski definition) is 0. The highest BCUT2D eigenvalue weighted by atomic mass is 32.1. The van der Waals surface area contributed by atoms with Crippen LogP contribution in [0.5, 0.6) is 0 Å². The molecule has 0 aliphatic carbocycles. The Labute approximate surface area is 193 Å². The summed E-state index contributed by atoms with van der Waals surface area (Å²) in [5.74, 6) is 0.0432. The Morgan fingerprint density at radius 1 is 1.19 bits per heavy atom. The van der Waals surface area contributed by atoms with Crippen LogP contribution in [0.3, 0.4) is 0 Å². The molecule has 5 nitrogen and oxygen atoms in total. The quantitative estimate of drug-likeness (QED) is 0.394. The summed E-state index contributed by atoms with van der Waals surface area (Å²) < 4.78 is 17.5. The molecule has 164 valence electrons. The lowest BCUT2D eigenvalue weighted by molar-refractivity contribution is -0.133. The summed E-state index contributed by atoms with van der Waals surface area (Å²) >= 11 is 7.04. The SMILES string of the molecule is CC1CCCN(C(=O)Cn2c(=O)c3ccccc3n3c(=S)sc(-c4ccc(F)cc4)c23)C1. The molecule has 1 aliphatic heterocycles. The maximum absolute atomic E-state index is 13.6. The number of halogens is 1. The Morgan fingerprint density at radius 2 is 1.94 bits per heavy atom. The molecule has 3 heterocycles. The fourth-order valence-electron chi connectivity index (χ4n) is 4.50. The minimum Gasteiger partial charge on any atom is -0.341 e. The lowest BCUT2D eigenvalue weighted by Gasteiger charge is -2.31. The second-order valence-corrected chi connectivity index (χ2v) is 10.0. The van der Waals surface area contributed by atoms with E-state index in [4.69, 9.17) is 12.2 Å². The normalized spacial score (nSPS) is 16.7. The minimum absolute atomic E-state index is 0.0560. The Bertz CT molecular complexity index is 1450. The van der Waals surface area contributed by atoms with E-state index in [-0.39, 0.29) is 23.8 Å². The van der Waals surface area contributed by atoms with Gasteiger partial charge in [-0.15, -0.1) is 11.3 Å². The van der Waals surface area contributed by atoms with Crippen LogP contribution < -0.4 is 5.56 Å². The number of para-hydroxylation sites is 1. The summed E-state index contributed by atoms with van der Waals surface area (Å²) in [5.41, 5.74) is 1.81. The van der Waals surface area contributed by atoms with Crippen LogP contribution in [0.15, 0.2) is 53.3 Å². The molecule has 1 fully saturated rings. The van der Waals surface area contributed by atoms with Gasteiger partial charge in [0.2, 0.25) is 5.91 Å². The van der Waals surface area contributed by atoms with Crippen LogP contribution in [-0.2, 0) is 11.3 Å². The van der Waals surface area contributed by atoms with E-state index in [0.29, 0.717) is 39.5 Å². The first kappa shape index (κ1) is 21.0. The van der Waals surface area contributed by atoms with Crippen LogP contribution in [-0.4, -0.2) is 32.9 Å². The van der Waals surface area contributed by atoms with Gasteiger partial charge in [-0.05, 0) is 60.8 Å². The number of benzene rings is 2. The molecule has 2 aromatic heterocycles. The smallest absolute Gasteiger partial charge is 0.262 e. The summed E-state index contributed by atoms with van der Waals surface area (Å²) in [7, 11) is 0. The molecule has 4 aromatic rings. The Kier molecular flexibility index (Phi) is 5.43. The maximum Gasteiger partial charge on any atom is 0.262 e. The molecule has 2 aromatic carbocycles. The zero-order chi connectivity index (χ0) is 22.4. The zero-order valence-corrected chi connectivity index (χ0v) is 19.2. The van der Waals surface area contributed by atoms with E-state index < -0.39 is 0 Å². The summed E-state index contributed by atoms with van der Waals surface area (Å²) in [5, 5.41) is 0.513. The number of aromatic nitrogens is 2. The Balaban J connectivity index is 1.75. The van der Waals surface area contributed by atoms with Crippen molar-refractivity contribution >= 4 is 46.0 Å². The van der Waals surface area contributed by atoms with E-state index in [1.165, 1.54) is 28.0 Å². The van der Waals surface area contributed by atoms with Crippen molar-refractivity contribution in [2.75, 3.05) is 13.1 Å². The van der Waals surface area contributed by atoms with Gasteiger partial charge < -0.3 is 4.90 Å². The number of piperidine rings is 1.